The van der Waals surface area contributed by atoms with Gasteiger partial charge in [0.2, 0.25) is 3.79 Å². The highest BCUT2D eigenvalue weighted by molar-refractivity contribution is 6.99. The number of rotatable bonds is 10. The number of hydrogen-bond acceptors (Lipinski definition) is 12. The van der Waals surface area contributed by atoms with Crippen molar-refractivity contribution in [1.29, 1.82) is 0 Å². The third kappa shape index (κ3) is 8.81. The van der Waals surface area contributed by atoms with Crippen LogP contribution in [0.1, 0.15) is 20.8 Å². The fraction of sp³-hybridized carbons (Fsp3) is 0.581. The lowest BCUT2D eigenvalue weighted by molar-refractivity contribution is -0.344. The number of nitrogens with one attached hydrogen (secondary N) is 1. The van der Waals surface area contributed by atoms with Gasteiger partial charge in [-0.2, -0.15) is 0 Å². The lowest BCUT2D eigenvalue weighted by Gasteiger charge is -2.48. The fourth-order valence-electron chi connectivity index (χ4n) is 6.02. The molecule has 1 amide bonds. The molecule has 0 saturated carbocycles. The van der Waals surface area contributed by atoms with Crippen LogP contribution in [0.2, 0.25) is 5.04 Å². The summed E-state index contributed by atoms with van der Waals surface area (Å²) < 4.78 is 27.3. The van der Waals surface area contributed by atoms with Gasteiger partial charge in [0.1, 0.15) is 55.4 Å². The zero-order valence-electron chi connectivity index (χ0n) is 26.4. The van der Waals surface area contributed by atoms with E-state index in [2.05, 4.69) is 26.1 Å². The van der Waals surface area contributed by atoms with E-state index < -0.39 is 97.8 Å². The highest BCUT2D eigenvalue weighted by atomic mass is 35.6. The summed E-state index contributed by atoms with van der Waals surface area (Å²) in [5, 5.41) is 67.4. The van der Waals surface area contributed by atoms with Crippen LogP contribution >= 0.6 is 34.8 Å². The van der Waals surface area contributed by atoms with Crippen LogP contribution in [0.3, 0.4) is 0 Å². The summed E-state index contributed by atoms with van der Waals surface area (Å²) in [7, 11) is -3.19. The van der Waals surface area contributed by atoms with Gasteiger partial charge in [-0.1, -0.05) is 116 Å². The van der Waals surface area contributed by atoms with E-state index in [-0.39, 0.29) is 6.61 Å². The van der Waals surface area contributed by atoms with Gasteiger partial charge in [0, 0.05) is 0 Å². The topological polar surface area (TPSA) is 197 Å². The monoisotopic (exact) mass is 753 g/mol. The largest absolute Gasteiger partial charge is 0.445 e. The lowest BCUT2D eigenvalue weighted by atomic mass is 9.95. The van der Waals surface area contributed by atoms with E-state index in [1.54, 1.807) is 0 Å². The molecule has 2 aromatic carbocycles. The first-order valence-corrected chi connectivity index (χ1v) is 18.3. The van der Waals surface area contributed by atoms with E-state index in [9.17, 15) is 35.4 Å². The molecule has 7 N–H and O–H groups in total. The number of amides is 1. The maximum absolute atomic E-state index is 12.5. The summed E-state index contributed by atoms with van der Waals surface area (Å²) in [6.45, 7) is 4.50. The van der Waals surface area contributed by atoms with Crippen molar-refractivity contribution in [2.75, 3.05) is 19.8 Å². The van der Waals surface area contributed by atoms with Gasteiger partial charge in [-0.15, -0.1) is 0 Å². The Morgan fingerprint density at radius 3 is 1.90 bits per heavy atom. The van der Waals surface area contributed by atoms with Gasteiger partial charge >= 0.3 is 6.09 Å². The normalized spacial score (nSPS) is 31.7. The van der Waals surface area contributed by atoms with E-state index in [4.69, 9.17) is 58.2 Å². The Labute approximate surface area is 294 Å². The predicted octanol–water partition coefficient (Wildman–Crippen LogP) is 0.291. The van der Waals surface area contributed by atoms with Gasteiger partial charge in [0.15, 0.2) is 12.6 Å². The highest BCUT2D eigenvalue weighted by Gasteiger charge is 2.54. The van der Waals surface area contributed by atoms with Gasteiger partial charge in [-0.25, -0.2) is 4.79 Å². The zero-order valence-corrected chi connectivity index (χ0v) is 29.7. The Morgan fingerprint density at radius 1 is 0.833 bits per heavy atom. The molecule has 2 aliphatic rings. The number of hydrogen-bond donors (Lipinski definition) is 7. The molecule has 0 spiro atoms. The first-order chi connectivity index (χ1) is 22.5. The summed E-state index contributed by atoms with van der Waals surface area (Å²) in [5.41, 5.74) is 0. The minimum absolute atomic E-state index is 0.270. The number of carbonyl (C=O) groups excluding carboxylic acids is 1. The summed E-state index contributed by atoms with van der Waals surface area (Å²) in [6, 6.07) is 17.7. The van der Waals surface area contributed by atoms with Crippen molar-refractivity contribution in [1.82, 2.24) is 5.32 Å². The van der Waals surface area contributed by atoms with Crippen LogP contribution in [0, 0.1) is 0 Å². The summed E-state index contributed by atoms with van der Waals surface area (Å²) >= 11 is 17.0. The molecule has 17 heteroatoms. The Kier molecular flexibility index (Phi) is 13.2. The minimum Gasteiger partial charge on any atom is -0.445 e. The van der Waals surface area contributed by atoms with Crippen molar-refractivity contribution in [2.45, 2.75) is 91.0 Å². The van der Waals surface area contributed by atoms with E-state index >= 15 is 0 Å². The van der Waals surface area contributed by atoms with Crippen LogP contribution in [-0.4, -0.2) is 130 Å². The third-order valence-corrected chi connectivity index (χ3v) is 13.7. The Morgan fingerprint density at radius 2 is 1.40 bits per heavy atom. The molecule has 2 heterocycles. The van der Waals surface area contributed by atoms with Crippen molar-refractivity contribution in [2.24, 2.45) is 0 Å². The number of benzene rings is 2. The molecule has 2 saturated heterocycles. The molecule has 0 aromatic heterocycles. The zero-order chi connectivity index (χ0) is 35.4. The van der Waals surface area contributed by atoms with Gasteiger partial charge < -0.3 is 59.3 Å². The van der Waals surface area contributed by atoms with E-state index in [1.807, 2.05) is 60.7 Å². The maximum Gasteiger partial charge on any atom is 0.407 e. The van der Waals surface area contributed by atoms with Crippen molar-refractivity contribution in [3.8, 4) is 0 Å². The molecular weight excluding hydrogens is 713 g/mol. The average Bonchev–Trinajstić information content (AvgIpc) is 3.04. The molecule has 0 radical (unpaired) electrons. The van der Waals surface area contributed by atoms with Gasteiger partial charge in [0.05, 0.1) is 13.2 Å². The highest BCUT2D eigenvalue weighted by Crippen LogP contribution is 2.38. The van der Waals surface area contributed by atoms with Crippen molar-refractivity contribution in [3.63, 3.8) is 0 Å². The Balaban J connectivity index is 1.69. The Bertz CT molecular complexity index is 1280. The van der Waals surface area contributed by atoms with Gasteiger partial charge in [-0.05, 0) is 15.4 Å². The first kappa shape index (κ1) is 39.2. The molecule has 268 valence electrons. The smallest absolute Gasteiger partial charge is 0.407 e. The molecule has 0 unspecified atom stereocenters. The molecule has 0 bridgehead atoms. The maximum atomic E-state index is 12.5. The second-order valence-corrected chi connectivity index (χ2v) is 19.5. The van der Waals surface area contributed by atoms with Crippen LogP contribution < -0.4 is 15.7 Å². The Hall–Kier alpha value is -1.60. The van der Waals surface area contributed by atoms with E-state index in [1.165, 1.54) is 0 Å². The van der Waals surface area contributed by atoms with Crippen LogP contribution in [0.4, 0.5) is 4.79 Å². The standard InChI is InChI=1S/C31H42Cl3NO12Si/c1-30(2,3)48(17-10-6-4-7-11-17,18-12-8-5-9-13-18)44-15-20-26(47-28-25(40)24(39)22(37)19(14-36)46-28)23(38)21(27(41)45-20)35-29(42)43-16-31(32,33)34/h4-13,19-28,36-41H,14-16H2,1-3H3,(H,35,42)/t19-,20-,21-,22+,23-,24+,25-,26-,27-,28+/m1/s1. The number of aliphatic hydroxyl groups excluding tert-OH is 6. The number of alkyl carbamates (subject to hydrolysis) is 1. The molecule has 0 aliphatic carbocycles. The number of halogens is 3. The quantitative estimate of drug-likeness (QED) is 0.130. The van der Waals surface area contributed by atoms with Crippen LogP contribution in [0.15, 0.2) is 60.7 Å². The number of carbonyl (C=O) groups is 1. The van der Waals surface area contributed by atoms with E-state index in [0.717, 1.165) is 10.4 Å². The molecule has 10 atom stereocenters. The lowest BCUT2D eigenvalue weighted by Crippen LogP contribution is -2.70. The second-order valence-electron chi connectivity index (χ2n) is 12.7. The number of ether oxygens (including phenoxy) is 4. The van der Waals surface area contributed by atoms with Crippen molar-refractivity contribution in [3.05, 3.63) is 60.7 Å². The SMILES string of the molecule is CC(C)(C)[Si](OC[C@H]1O[C@@H](O)[C@H](NC(=O)OCC(Cl)(Cl)Cl)[C@@H](O)[C@@H]1O[C@@H]1O[C@H](CO)[C@H](O)[C@H](O)[C@H]1O)(c1ccccc1)c1ccccc1. The minimum atomic E-state index is -3.19. The van der Waals surface area contributed by atoms with E-state index in [0.29, 0.717) is 0 Å². The fourth-order valence-corrected chi connectivity index (χ4v) is 10.8. The second kappa shape index (κ2) is 16.2. The molecule has 2 fully saturated rings. The first-order valence-electron chi connectivity index (χ1n) is 15.2. The van der Waals surface area contributed by atoms with Gasteiger partial charge in [0.25, 0.3) is 8.32 Å². The summed E-state index contributed by atoms with van der Waals surface area (Å²) in [6.07, 6.45) is -15.9. The van der Waals surface area contributed by atoms with Crippen LogP contribution in [0.5, 0.6) is 0 Å². The van der Waals surface area contributed by atoms with Crippen molar-refractivity contribution >= 4 is 59.6 Å². The molecule has 13 nitrogen and oxygen atoms in total. The molecular formula is C31H42Cl3NO12Si. The summed E-state index contributed by atoms with van der Waals surface area (Å²) in [4.78, 5) is 12.5. The number of aliphatic hydroxyl groups is 6. The average molecular weight is 755 g/mol. The molecule has 2 aromatic rings. The van der Waals surface area contributed by atoms with Crippen LogP contribution in [0.25, 0.3) is 0 Å². The third-order valence-electron chi connectivity index (χ3n) is 8.36. The van der Waals surface area contributed by atoms with Gasteiger partial charge in [-0.3, -0.25) is 0 Å². The molecule has 2 aliphatic heterocycles. The predicted molar refractivity (Wildman–Crippen MR) is 178 cm³/mol. The summed E-state index contributed by atoms with van der Waals surface area (Å²) in [5.74, 6) is 0. The van der Waals surface area contributed by atoms with Crippen molar-refractivity contribution < 1.29 is 58.8 Å². The van der Waals surface area contributed by atoms with Crippen LogP contribution in [-0.2, 0) is 23.4 Å². The molecule has 4 rings (SSSR count). The number of alkyl halides is 3. The molecule has 48 heavy (non-hydrogen) atoms.